The van der Waals surface area contributed by atoms with Crippen molar-refractivity contribution in [3.05, 3.63) is 29.3 Å². The van der Waals surface area contributed by atoms with E-state index in [4.69, 9.17) is 0 Å². The Balaban J connectivity index is 3.03. The van der Waals surface area contributed by atoms with Gasteiger partial charge in [-0.1, -0.05) is 13.0 Å². The summed E-state index contributed by atoms with van der Waals surface area (Å²) in [5.74, 6) is -1.12. The van der Waals surface area contributed by atoms with Gasteiger partial charge in [0, 0.05) is 12.1 Å². The number of amides is 1. The number of carbonyl (C=O) groups excluding carboxylic acids is 2. The highest BCUT2D eigenvalue weighted by atomic mass is 32.2. The van der Waals surface area contributed by atoms with Gasteiger partial charge in [-0.05, 0) is 24.6 Å². The average Bonchev–Trinajstić information content (AvgIpc) is 2.44. The summed E-state index contributed by atoms with van der Waals surface area (Å²) in [6.45, 7) is 3.31. The third-order valence-corrected chi connectivity index (χ3v) is 4.26. The van der Waals surface area contributed by atoms with E-state index in [1.807, 2.05) is 0 Å². The van der Waals surface area contributed by atoms with Gasteiger partial charge in [0.25, 0.3) is 5.91 Å². The molecule has 1 aromatic carbocycles. The largest absolute Gasteiger partial charge is 0.468 e. The van der Waals surface area contributed by atoms with Crippen LogP contribution in [0.25, 0.3) is 0 Å². The van der Waals surface area contributed by atoms with Crippen molar-refractivity contribution in [3.8, 4) is 0 Å². The summed E-state index contributed by atoms with van der Waals surface area (Å²) in [4.78, 5) is 23.0. The molecule has 0 unspecified atom stereocenters. The van der Waals surface area contributed by atoms with Crippen LogP contribution in [0.5, 0.6) is 0 Å². The van der Waals surface area contributed by atoms with Gasteiger partial charge in [-0.3, -0.25) is 9.59 Å². The van der Waals surface area contributed by atoms with E-state index in [1.54, 1.807) is 13.8 Å². The minimum atomic E-state index is -3.64. The fraction of sp³-hybridized carbons (Fsp3) is 0.385. The number of benzene rings is 1. The monoisotopic (exact) mass is 314 g/mol. The van der Waals surface area contributed by atoms with E-state index in [9.17, 15) is 18.0 Å². The summed E-state index contributed by atoms with van der Waals surface area (Å²) >= 11 is 0. The van der Waals surface area contributed by atoms with E-state index in [0.29, 0.717) is 5.56 Å². The maximum atomic E-state index is 12.0. The molecule has 116 valence electrons. The second-order valence-electron chi connectivity index (χ2n) is 4.24. The maximum Gasteiger partial charge on any atom is 0.325 e. The van der Waals surface area contributed by atoms with Gasteiger partial charge in [0.05, 0.1) is 12.0 Å². The Morgan fingerprint density at radius 1 is 1.29 bits per heavy atom. The second kappa shape index (κ2) is 7.19. The van der Waals surface area contributed by atoms with Gasteiger partial charge in [0.2, 0.25) is 10.0 Å². The molecule has 1 amide bonds. The first-order valence-electron chi connectivity index (χ1n) is 6.27. The lowest BCUT2D eigenvalue weighted by Crippen LogP contribution is -2.31. The molecule has 0 aromatic heterocycles. The van der Waals surface area contributed by atoms with Gasteiger partial charge >= 0.3 is 5.97 Å². The maximum absolute atomic E-state index is 12.0. The lowest BCUT2D eigenvalue weighted by atomic mass is 10.1. The number of rotatable bonds is 6. The summed E-state index contributed by atoms with van der Waals surface area (Å²) in [5.41, 5.74) is 0.797. The molecule has 0 fully saturated rings. The number of methoxy groups -OCH3 is 1. The molecule has 0 radical (unpaired) electrons. The summed E-state index contributed by atoms with van der Waals surface area (Å²) < 4.78 is 30.6. The number of aryl methyl sites for hydroxylation is 1. The smallest absolute Gasteiger partial charge is 0.325 e. The van der Waals surface area contributed by atoms with Crippen LogP contribution in [0.4, 0.5) is 0 Å². The number of sulfonamides is 1. The van der Waals surface area contributed by atoms with Crippen molar-refractivity contribution < 1.29 is 22.7 Å². The molecule has 0 atom stereocenters. The Bertz CT molecular complexity index is 640. The quantitative estimate of drug-likeness (QED) is 0.730. The van der Waals surface area contributed by atoms with Gasteiger partial charge in [-0.2, -0.15) is 0 Å². The predicted octanol–water partition coefficient (Wildman–Crippen LogP) is 0.196. The van der Waals surface area contributed by atoms with Crippen molar-refractivity contribution in [3.63, 3.8) is 0 Å². The minimum Gasteiger partial charge on any atom is -0.468 e. The molecule has 0 saturated carbocycles. The van der Waals surface area contributed by atoms with Crippen LogP contribution in [0, 0.1) is 6.92 Å². The number of hydrogen-bond donors (Lipinski definition) is 2. The van der Waals surface area contributed by atoms with Crippen LogP contribution in [-0.4, -0.2) is 40.5 Å². The highest BCUT2D eigenvalue weighted by molar-refractivity contribution is 7.89. The molecule has 1 aromatic rings. The molecule has 0 aliphatic rings. The molecule has 21 heavy (non-hydrogen) atoms. The van der Waals surface area contributed by atoms with Crippen molar-refractivity contribution in [2.75, 3.05) is 20.2 Å². The number of esters is 1. The predicted molar refractivity (Wildman–Crippen MR) is 76.4 cm³/mol. The van der Waals surface area contributed by atoms with Gasteiger partial charge in [-0.15, -0.1) is 0 Å². The lowest BCUT2D eigenvalue weighted by Gasteiger charge is -2.10. The summed E-state index contributed by atoms with van der Waals surface area (Å²) in [6.07, 6.45) is 0. The Hall–Kier alpha value is -1.93. The van der Waals surface area contributed by atoms with E-state index < -0.39 is 21.9 Å². The normalized spacial score (nSPS) is 11.0. The summed E-state index contributed by atoms with van der Waals surface area (Å²) in [5, 5.41) is 2.37. The number of nitrogens with one attached hydrogen (secondary N) is 2. The minimum absolute atomic E-state index is 0.00170. The first-order chi connectivity index (χ1) is 9.81. The van der Waals surface area contributed by atoms with E-state index in [1.165, 1.54) is 25.3 Å². The van der Waals surface area contributed by atoms with Crippen molar-refractivity contribution >= 4 is 21.9 Å². The Morgan fingerprint density at radius 3 is 2.52 bits per heavy atom. The first-order valence-corrected chi connectivity index (χ1v) is 7.75. The molecule has 0 spiro atoms. The van der Waals surface area contributed by atoms with Crippen LogP contribution in [0.15, 0.2) is 23.1 Å². The molecule has 0 bridgehead atoms. The van der Waals surface area contributed by atoms with Crippen molar-refractivity contribution in [2.24, 2.45) is 0 Å². The Labute approximate surface area is 123 Å². The van der Waals surface area contributed by atoms with E-state index in [2.05, 4.69) is 14.8 Å². The Morgan fingerprint density at radius 2 is 1.95 bits per heavy atom. The van der Waals surface area contributed by atoms with Crippen LogP contribution in [0.2, 0.25) is 0 Å². The van der Waals surface area contributed by atoms with E-state index in [0.717, 1.165) is 0 Å². The second-order valence-corrected chi connectivity index (χ2v) is 6.00. The molecule has 1 rings (SSSR count). The molecular formula is C13H18N2O5S. The van der Waals surface area contributed by atoms with Crippen molar-refractivity contribution in [1.82, 2.24) is 10.0 Å². The topological polar surface area (TPSA) is 102 Å². The molecule has 2 N–H and O–H groups in total. The molecular weight excluding hydrogens is 296 g/mol. The molecule has 0 saturated heterocycles. The van der Waals surface area contributed by atoms with Crippen LogP contribution >= 0.6 is 0 Å². The summed E-state index contributed by atoms with van der Waals surface area (Å²) in [6, 6.07) is 4.24. The molecule has 0 heterocycles. The number of ether oxygens (including phenoxy) is 1. The van der Waals surface area contributed by atoms with Gasteiger partial charge < -0.3 is 10.1 Å². The third kappa shape index (κ3) is 4.54. The van der Waals surface area contributed by atoms with E-state index in [-0.39, 0.29) is 23.5 Å². The Kier molecular flexibility index (Phi) is 5.86. The lowest BCUT2D eigenvalue weighted by molar-refractivity contribution is -0.139. The fourth-order valence-electron chi connectivity index (χ4n) is 1.61. The standard InChI is InChI=1S/C13H18N2O5S/c1-4-15-21(18,19)10-6-5-9(2)11(7-10)13(17)14-8-12(16)20-3/h5-7,15H,4,8H2,1-3H3,(H,14,17). The average molecular weight is 314 g/mol. The zero-order valence-electron chi connectivity index (χ0n) is 12.1. The number of hydrogen-bond acceptors (Lipinski definition) is 5. The number of carbonyl (C=O) groups is 2. The van der Waals surface area contributed by atoms with Crippen LogP contribution < -0.4 is 10.0 Å². The third-order valence-electron chi connectivity index (χ3n) is 2.72. The zero-order valence-corrected chi connectivity index (χ0v) is 12.9. The van der Waals surface area contributed by atoms with Crippen LogP contribution in [0.1, 0.15) is 22.8 Å². The summed E-state index contributed by atoms with van der Waals surface area (Å²) in [7, 11) is -2.43. The first kappa shape index (κ1) is 17.1. The van der Waals surface area contributed by atoms with Crippen molar-refractivity contribution in [2.45, 2.75) is 18.7 Å². The van der Waals surface area contributed by atoms with Gasteiger partial charge in [-0.25, -0.2) is 13.1 Å². The highest BCUT2D eigenvalue weighted by Gasteiger charge is 2.17. The molecule has 0 aliphatic heterocycles. The molecule has 7 nitrogen and oxygen atoms in total. The van der Waals surface area contributed by atoms with Crippen molar-refractivity contribution in [1.29, 1.82) is 0 Å². The van der Waals surface area contributed by atoms with E-state index >= 15 is 0 Å². The fourth-order valence-corrected chi connectivity index (χ4v) is 2.67. The van der Waals surface area contributed by atoms with Crippen LogP contribution in [-0.2, 0) is 19.6 Å². The highest BCUT2D eigenvalue weighted by Crippen LogP contribution is 2.15. The van der Waals surface area contributed by atoms with Gasteiger partial charge in [0.15, 0.2) is 0 Å². The van der Waals surface area contributed by atoms with Crippen LogP contribution in [0.3, 0.4) is 0 Å². The molecule has 0 aliphatic carbocycles. The zero-order chi connectivity index (χ0) is 16.0. The molecule has 8 heteroatoms. The van der Waals surface area contributed by atoms with Gasteiger partial charge in [0.1, 0.15) is 6.54 Å². The SMILES string of the molecule is CCNS(=O)(=O)c1ccc(C)c(C(=O)NCC(=O)OC)c1.